The van der Waals surface area contributed by atoms with Crippen LogP contribution in [0.25, 0.3) is 0 Å². The first-order chi connectivity index (χ1) is 17.1. The summed E-state index contributed by atoms with van der Waals surface area (Å²) in [5.41, 5.74) is 4.12. The minimum atomic E-state index is -0.172. The zero-order valence-corrected chi connectivity index (χ0v) is 24.1. The summed E-state index contributed by atoms with van der Waals surface area (Å²) in [6.45, 7) is 15.2. The second kappa shape index (κ2) is 10.5. The standard InChI is InChI=1S/C33H54O3/c1-21(2)23(4)30(34)19-22(3)27-12-13-28-26-11-10-24-20-25(36-31-9-7-8-18-35-31)14-16-32(24,5)29(26)15-17-33(27,28)6/h10-11,21-23,25,27-31,34H,7-9,12-20H2,1-6H3/t22?,23?,25-,27+,28-,29-,30?,31?,32-,33+/m0/s1. The van der Waals surface area contributed by atoms with Crippen molar-refractivity contribution in [3.63, 3.8) is 0 Å². The molecule has 1 saturated heterocycles. The summed E-state index contributed by atoms with van der Waals surface area (Å²) < 4.78 is 12.3. The highest BCUT2D eigenvalue weighted by molar-refractivity contribution is 5.39. The van der Waals surface area contributed by atoms with Crippen LogP contribution in [0.15, 0.2) is 23.3 Å². The number of fused-ring (bicyclic) bond motifs is 5. The predicted octanol–water partition coefficient (Wildman–Crippen LogP) is 8.08. The van der Waals surface area contributed by atoms with Crippen LogP contribution in [0.1, 0.15) is 112 Å². The Kier molecular flexibility index (Phi) is 7.86. The second-order valence-electron chi connectivity index (χ2n) is 14.3. The molecule has 204 valence electrons. The van der Waals surface area contributed by atoms with Crippen LogP contribution in [0.4, 0.5) is 0 Å². The van der Waals surface area contributed by atoms with Crippen molar-refractivity contribution in [2.24, 2.45) is 46.3 Å². The number of ether oxygens (including phenoxy) is 2. The SMILES string of the molecule is CC(C)C(C)C(O)CC(C)[C@H]1CC[C@H]2C3=CC=C4C[C@@H](OC5CCCCO5)CC[C@]4(C)[C@H]3CC[C@]12C. The molecular weight excluding hydrogens is 444 g/mol. The van der Waals surface area contributed by atoms with Crippen molar-refractivity contribution in [3.05, 3.63) is 23.3 Å². The molecule has 0 spiro atoms. The van der Waals surface area contributed by atoms with E-state index in [1.165, 1.54) is 51.4 Å². The highest BCUT2D eigenvalue weighted by Gasteiger charge is 2.57. The molecule has 1 aliphatic heterocycles. The molecule has 0 radical (unpaired) electrons. The molecule has 1 heterocycles. The Hall–Kier alpha value is -0.640. The first-order valence-electron chi connectivity index (χ1n) is 15.5. The predicted molar refractivity (Wildman–Crippen MR) is 147 cm³/mol. The van der Waals surface area contributed by atoms with Gasteiger partial charge >= 0.3 is 0 Å². The monoisotopic (exact) mass is 498 g/mol. The maximum atomic E-state index is 10.9. The fraction of sp³-hybridized carbons (Fsp3) is 0.879. The summed E-state index contributed by atoms with van der Waals surface area (Å²) in [5.74, 6) is 3.68. The summed E-state index contributed by atoms with van der Waals surface area (Å²) in [7, 11) is 0. The molecule has 36 heavy (non-hydrogen) atoms. The quantitative estimate of drug-likeness (QED) is 0.385. The molecule has 0 aromatic rings. The number of aliphatic hydroxyl groups excluding tert-OH is 1. The first-order valence-corrected chi connectivity index (χ1v) is 15.5. The normalized spacial score (nSPS) is 43.1. The van der Waals surface area contributed by atoms with Crippen molar-refractivity contribution in [1.29, 1.82) is 0 Å². The van der Waals surface area contributed by atoms with Crippen molar-refractivity contribution in [2.75, 3.05) is 6.61 Å². The van der Waals surface area contributed by atoms with E-state index in [1.54, 1.807) is 11.1 Å². The van der Waals surface area contributed by atoms with Gasteiger partial charge in [-0.3, -0.25) is 0 Å². The van der Waals surface area contributed by atoms with Gasteiger partial charge in [0.05, 0.1) is 12.2 Å². The Morgan fingerprint density at radius 3 is 2.50 bits per heavy atom. The lowest BCUT2D eigenvalue weighted by atomic mass is 9.50. The zero-order valence-electron chi connectivity index (χ0n) is 24.1. The van der Waals surface area contributed by atoms with Gasteiger partial charge < -0.3 is 14.6 Å². The number of aliphatic hydroxyl groups is 1. The molecule has 0 aromatic heterocycles. The lowest BCUT2D eigenvalue weighted by Gasteiger charge is -2.55. The minimum Gasteiger partial charge on any atom is -0.393 e. The average molecular weight is 499 g/mol. The van der Waals surface area contributed by atoms with E-state index < -0.39 is 0 Å². The Morgan fingerprint density at radius 2 is 1.78 bits per heavy atom. The number of hydrogen-bond donors (Lipinski definition) is 1. The van der Waals surface area contributed by atoms with E-state index >= 15 is 0 Å². The molecule has 0 amide bonds. The molecule has 4 aliphatic carbocycles. The Labute approximate surface area is 221 Å². The van der Waals surface area contributed by atoms with E-state index in [0.29, 0.717) is 40.6 Å². The zero-order chi connectivity index (χ0) is 25.7. The Morgan fingerprint density at radius 1 is 0.972 bits per heavy atom. The Balaban J connectivity index is 1.29. The summed E-state index contributed by atoms with van der Waals surface area (Å²) in [5, 5.41) is 10.9. The fourth-order valence-corrected chi connectivity index (χ4v) is 9.30. The third-order valence-corrected chi connectivity index (χ3v) is 12.0. The molecule has 5 aliphatic rings. The van der Waals surface area contributed by atoms with Crippen LogP contribution in [0.3, 0.4) is 0 Å². The van der Waals surface area contributed by atoms with Gasteiger partial charge in [-0.2, -0.15) is 0 Å². The van der Waals surface area contributed by atoms with Gasteiger partial charge in [-0.1, -0.05) is 64.8 Å². The third-order valence-electron chi connectivity index (χ3n) is 12.0. The summed E-state index contributed by atoms with van der Waals surface area (Å²) >= 11 is 0. The van der Waals surface area contributed by atoms with Crippen LogP contribution < -0.4 is 0 Å². The summed E-state index contributed by atoms with van der Waals surface area (Å²) in [4.78, 5) is 0. The highest BCUT2D eigenvalue weighted by atomic mass is 16.7. The van der Waals surface area contributed by atoms with E-state index in [0.717, 1.165) is 37.7 Å². The van der Waals surface area contributed by atoms with Gasteiger partial charge in [0.1, 0.15) is 0 Å². The van der Waals surface area contributed by atoms with E-state index in [1.807, 2.05) is 0 Å². The maximum absolute atomic E-state index is 10.9. The maximum Gasteiger partial charge on any atom is 0.157 e. The molecule has 3 saturated carbocycles. The van der Waals surface area contributed by atoms with Gasteiger partial charge in [-0.25, -0.2) is 0 Å². The van der Waals surface area contributed by atoms with Gasteiger partial charge in [0.25, 0.3) is 0 Å². The van der Waals surface area contributed by atoms with Crippen molar-refractivity contribution in [2.45, 2.75) is 131 Å². The lowest BCUT2D eigenvalue weighted by molar-refractivity contribution is -0.193. The van der Waals surface area contributed by atoms with Gasteiger partial charge in [0, 0.05) is 6.61 Å². The van der Waals surface area contributed by atoms with E-state index in [9.17, 15) is 5.11 Å². The number of hydrogen-bond acceptors (Lipinski definition) is 3. The second-order valence-corrected chi connectivity index (χ2v) is 14.3. The van der Waals surface area contributed by atoms with Gasteiger partial charge in [-0.15, -0.1) is 0 Å². The molecular formula is C33H54O3. The molecule has 0 bridgehead atoms. The molecule has 4 unspecified atom stereocenters. The van der Waals surface area contributed by atoms with Crippen LogP contribution in [0.2, 0.25) is 0 Å². The van der Waals surface area contributed by atoms with Crippen LogP contribution in [-0.2, 0) is 9.47 Å². The topological polar surface area (TPSA) is 38.7 Å². The summed E-state index contributed by atoms with van der Waals surface area (Å²) in [6.07, 6.45) is 18.6. The van der Waals surface area contributed by atoms with Gasteiger partial charge in [-0.05, 0) is 117 Å². The average Bonchev–Trinajstić information content (AvgIpc) is 3.21. The molecule has 5 rings (SSSR count). The lowest BCUT2D eigenvalue weighted by Crippen LogP contribution is -2.47. The highest BCUT2D eigenvalue weighted by Crippen LogP contribution is 2.66. The molecule has 3 nitrogen and oxygen atoms in total. The van der Waals surface area contributed by atoms with Crippen LogP contribution in [-0.4, -0.2) is 30.2 Å². The molecule has 3 heteroatoms. The minimum absolute atomic E-state index is 0.0262. The van der Waals surface area contributed by atoms with E-state index in [4.69, 9.17) is 9.47 Å². The molecule has 10 atom stereocenters. The number of rotatable bonds is 7. The van der Waals surface area contributed by atoms with E-state index in [-0.39, 0.29) is 12.4 Å². The smallest absolute Gasteiger partial charge is 0.157 e. The largest absolute Gasteiger partial charge is 0.393 e. The van der Waals surface area contributed by atoms with Gasteiger partial charge in [0.15, 0.2) is 6.29 Å². The molecule has 0 aromatic carbocycles. The molecule has 1 N–H and O–H groups in total. The first kappa shape index (κ1) is 26.9. The number of allylic oxidation sites excluding steroid dienone is 3. The molecule has 4 fully saturated rings. The van der Waals surface area contributed by atoms with Crippen LogP contribution in [0.5, 0.6) is 0 Å². The van der Waals surface area contributed by atoms with Crippen molar-refractivity contribution >= 4 is 0 Å². The summed E-state index contributed by atoms with van der Waals surface area (Å²) in [6, 6.07) is 0. The van der Waals surface area contributed by atoms with E-state index in [2.05, 4.69) is 53.7 Å². The van der Waals surface area contributed by atoms with Crippen LogP contribution in [0, 0.1) is 46.3 Å². The van der Waals surface area contributed by atoms with Crippen molar-refractivity contribution in [3.8, 4) is 0 Å². The van der Waals surface area contributed by atoms with Crippen molar-refractivity contribution in [1.82, 2.24) is 0 Å². The Bertz CT molecular complexity index is 838. The fourth-order valence-electron chi connectivity index (χ4n) is 9.30. The van der Waals surface area contributed by atoms with Crippen LogP contribution >= 0.6 is 0 Å². The third kappa shape index (κ3) is 4.79. The van der Waals surface area contributed by atoms with Crippen molar-refractivity contribution < 1.29 is 14.6 Å². The van der Waals surface area contributed by atoms with Gasteiger partial charge in [0.2, 0.25) is 0 Å².